The summed E-state index contributed by atoms with van der Waals surface area (Å²) in [6.07, 6.45) is 1.03. The van der Waals surface area contributed by atoms with Crippen LogP contribution in [0.2, 0.25) is 0 Å². The van der Waals surface area contributed by atoms with Crippen LogP contribution in [-0.4, -0.2) is 24.0 Å². The van der Waals surface area contributed by atoms with Crippen LogP contribution < -0.4 is 4.74 Å². The van der Waals surface area contributed by atoms with E-state index in [1.54, 1.807) is 31.2 Å². The zero-order valence-electron chi connectivity index (χ0n) is 12.3. The topological polar surface area (TPSA) is 42.7 Å². The predicted octanol–water partition coefficient (Wildman–Crippen LogP) is 3.78. The van der Waals surface area contributed by atoms with E-state index in [0.717, 1.165) is 15.8 Å². The monoisotopic (exact) mass is 351 g/mol. The van der Waals surface area contributed by atoms with Crippen LogP contribution in [0.4, 0.5) is 0 Å². The second-order valence-electron chi connectivity index (χ2n) is 4.97. The Labute approximate surface area is 132 Å². The highest BCUT2D eigenvalue weighted by atomic mass is 79.9. The van der Waals surface area contributed by atoms with E-state index < -0.39 is 6.10 Å². The third-order valence-corrected chi connectivity index (χ3v) is 3.71. The summed E-state index contributed by atoms with van der Waals surface area (Å²) in [6.45, 7) is 4.17. The number of halogens is 1. The number of carbonyl (C=O) groups excluding carboxylic acids is 1. The van der Waals surface area contributed by atoms with E-state index in [4.69, 9.17) is 9.15 Å². The average molecular weight is 352 g/mol. The molecule has 0 spiro atoms. The summed E-state index contributed by atoms with van der Waals surface area (Å²) in [4.78, 5) is 13.9. The number of amides is 1. The van der Waals surface area contributed by atoms with Crippen molar-refractivity contribution in [3.63, 3.8) is 0 Å². The first-order valence-corrected chi connectivity index (χ1v) is 7.47. The third-order valence-electron chi connectivity index (χ3n) is 3.09. The molecule has 0 aliphatic heterocycles. The Morgan fingerprint density at radius 1 is 1.43 bits per heavy atom. The number of nitrogens with zero attached hydrogens (tertiary/aromatic N) is 1. The van der Waals surface area contributed by atoms with Crippen LogP contribution in [0.3, 0.4) is 0 Å². The highest BCUT2D eigenvalue weighted by molar-refractivity contribution is 9.10. The van der Waals surface area contributed by atoms with E-state index in [1.165, 1.54) is 0 Å². The minimum atomic E-state index is -0.566. The lowest BCUT2D eigenvalue weighted by Crippen LogP contribution is -2.37. The number of rotatable bonds is 5. The highest BCUT2D eigenvalue weighted by Gasteiger charge is 2.20. The maximum absolute atomic E-state index is 12.3. The zero-order valence-corrected chi connectivity index (χ0v) is 13.9. The molecule has 1 aromatic heterocycles. The number of benzene rings is 1. The third kappa shape index (κ3) is 4.11. The zero-order chi connectivity index (χ0) is 15.4. The Morgan fingerprint density at radius 2 is 2.19 bits per heavy atom. The lowest BCUT2D eigenvalue weighted by molar-refractivity contribution is -0.137. The molecule has 1 unspecified atom stereocenters. The van der Waals surface area contributed by atoms with Gasteiger partial charge >= 0.3 is 0 Å². The van der Waals surface area contributed by atoms with Crippen molar-refractivity contribution >= 4 is 21.8 Å². The van der Waals surface area contributed by atoms with Gasteiger partial charge < -0.3 is 14.1 Å². The second-order valence-corrected chi connectivity index (χ2v) is 5.82. The maximum Gasteiger partial charge on any atom is 0.263 e. The van der Waals surface area contributed by atoms with Gasteiger partial charge in [0.05, 0.1) is 17.3 Å². The Morgan fingerprint density at radius 3 is 2.81 bits per heavy atom. The lowest BCUT2D eigenvalue weighted by atomic mass is 10.2. The van der Waals surface area contributed by atoms with Crippen LogP contribution in [0.1, 0.15) is 18.2 Å². The van der Waals surface area contributed by atoms with Gasteiger partial charge in [0.25, 0.3) is 5.91 Å². The molecule has 0 aliphatic rings. The molecule has 1 heterocycles. The molecule has 1 aromatic carbocycles. The molecule has 1 atom stereocenters. The maximum atomic E-state index is 12.3. The number of carbonyl (C=O) groups is 1. The van der Waals surface area contributed by atoms with Crippen LogP contribution in [0.25, 0.3) is 0 Å². The molecule has 0 saturated carbocycles. The van der Waals surface area contributed by atoms with Gasteiger partial charge in [0.1, 0.15) is 11.5 Å². The van der Waals surface area contributed by atoms with Gasteiger partial charge in [0.15, 0.2) is 6.10 Å². The summed E-state index contributed by atoms with van der Waals surface area (Å²) in [5.41, 5.74) is 1.13. The Hall–Kier alpha value is -1.75. The molecule has 0 fully saturated rings. The van der Waals surface area contributed by atoms with Crippen molar-refractivity contribution in [1.29, 1.82) is 0 Å². The lowest BCUT2D eigenvalue weighted by Gasteiger charge is -2.21. The molecule has 2 rings (SSSR count). The number of ether oxygens (including phenoxy) is 1. The summed E-state index contributed by atoms with van der Waals surface area (Å²) in [5.74, 6) is 1.31. The largest absolute Gasteiger partial charge is 0.480 e. The van der Waals surface area contributed by atoms with Crippen molar-refractivity contribution in [3.05, 3.63) is 52.4 Å². The Balaban J connectivity index is 1.98. The summed E-state index contributed by atoms with van der Waals surface area (Å²) in [5, 5.41) is 0. The summed E-state index contributed by atoms with van der Waals surface area (Å²) in [7, 11) is 1.73. The molecular formula is C16H18BrNO3. The van der Waals surface area contributed by atoms with Gasteiger partial charge in [0, 0.05) is 7.05 Å². The van der Waals surface area contributed by atoms with Crippen LogP contribution in [0, 0.1) is 6.92 Å². The first-order valence-electron chi connectivity index (χ1n) is 6.67. The van der Waals surface area contributed by atoms with E-state index in [0.29, 0.717) is 12.3 Å². The first-order chi connectivity index (χ1) is 9.97. The minimum Gasteiger partial charge on any atom is -0.480 e. The van der Waals surface area contributed by atoms with E-state index >= 15 is 0 Å². The van der Waals surface area contributed by atoms with Gasteiger partial charge in [-0.25, -0.2) is 0 Å². The quantitative estimate of drug-likeness (QED) is 0.823. The molecular weight excluding hydrogens is 334 g/mol. The fourth-order valence-corrected chi connectivity index (χ4v) is 2.55. The highest BCUT2D eigenvalue weighted by Crippen LogP contribution is 2.26. The number of aryl methyl sites for hydroxylation is 1. The van der Waals surface area contributed by atoms with Crippen molar-refractivity contribution in [2.45, 2.75) is 26.5 Å². The van der Waals surface area contributed by atoms with Gasteiger partial charge in [-0.2, -0.15) is 0 Å². The second kappa shape index (κ2) is 6.80. The molecule has 4 nitrogen and oxygen atoms in total. The molecule has 5 heteroatoms. The van der Waals surface area contributed by atoms with Crippen molar-refractivity contribution in [2.75, 3.05) is 7.05 Å². The molecule has 0 aliphatic carbocycles. The summed E-state index contributed by atoms with van der Waals surface area (Å²) < 4.78 is 11.8. The average Bonchev–Trinajstić information content (AvgIpc) is 2.93. The van der Waals surface area contributed by atoms with E-state index in [-0.39, 0.29) is 5.91 Å². The number of hydrogen-bond acceptors (Lipinski definition) is 3. The number of hydrogen-bond donors (Lipinski definition) is 0. The van der Waals surface area contributed by atoms with Gasteiger partial charge in [-0.3, -0.25) is 4.79 Å². The van der Waals surface area contributed by atoms with Crippen LogP contribution in [-0.2, 0) is 11.3 Å². The molecule has 21 heavy (non-hydrogen) atoms. The standard InChI is InChI=1S/C16H18BrNO3/c1-11-6-7-15(14(17)9-11)21-12(2)16(19)18(3)10-13-5-4-8-20-13/h4-9,12H,10H2,1-3H3. The van der Waals surface area contributed by atoms with Gasteiger partial charge in [-0.15, -0.1) is 0 Å². The minimum absolute atomic E-state index is 0.0983. The van der Waals surface area contributed by atoms with Gasteiger partial charge in [-0.1, -0.05) is 6.07 Å². The van der Waals surface area contributed by atoms with Crippen LogP contribution in [0.5, 0.6) is 5.75 Å². The van der Waals surface area contributed by atoms with E-state index in [1.807, 2.05) is 31.2 Å². The van der Waals surface area contributed by atoms with E-state index in [9.17, 15) is 4.79 Å². The molecule has 112 valence electrons. The van der Waals surface area contributed by atoms with Crippen molar-refractivity contribution in [2.24, 2.45) is 0 Å². The van der Waals surface area contributed by atoms with Crippen LogP contribution in [0.15, 0.2) is 45.5 Å². The number of likely N-dealkylation sites (N-methyl/N-ethyl adjacent to an activating group) is 1. The summed E-state index contributed by atoms with van der Waals surface area (Å²) in [6, 6.07) is 9.40. The molecule has 2 aromatic rings. The smallest absolute Gasteiger partial charge is 0.263 e. The van der Waals surface area contributed by atoms with Crippen molar-refractivity contribution in [3.8, 4) is 5.75 Å². The molecule has 0 radical (unpaired) electrons. The Kier molecular flexibility index (Phi) is 5.07. The summed E-state index contributed by atoms with van der Waals surface area (Å²) >= 11 is 3.45. The van der Waals surface area contributed by atoms with E-state index in [2.05, 4.69) is 15.9 Å². The molecule has 0 bridgehead atoms. The van der Waals surface area contributed by atoms with Gasteiger partial charge in [0.2, 0.25) is 0 Å². The molecule has 1 amide bonds. The first kappa shape index (κ1) is 15.6. The normalized spacial score (nSPS) is 12.0. The molecule has 0 saturated heterocycles. The fourth-order valence-electron chi connectivity index (χ4n) is 1.97. The van der Waals surface area contributed by atoms with Crippen LogP contribution >= 0.6 is 15.9 Å². The predicted molar refractivity (Wildman–Crippen MR) is 84.2 cm³/mol. The fraction of sp³-hybridized carbons (Fsp3) is 0.312. The number of furan rings is 1. The van der Waals surface area contributed by atoms with Crippen molar-refractivity contribution in [1.82, 2.24) is 4.90 Å². The molecule has 0 N–H and O–H groups in total. The Bertz CT molecular complexity index is 610. The van der Waals surface area contributed by atoms with Crippen molar-refractivity contribution < 1.29 is 13.9 Å². The SMILES string of the molecule is Cc1ccc(OC(C)C(=O)N(C)Cc2ccco2)c(Br)c1. The van der Waals surface area contributed by atoms with Gasteiger partial charge in [-0.05, 0) is 59.6 Å².